The molecule has 2 aromatic rings. The second-order valence-corrected chi connectivity index (χ2v) is 6.25. The zero-order valence-electron chi connectivity index (χ0n) is 16.5. The minimum absolute atomic E-state index is 0.0611. The number of nitrogens with zero attached hydrogens (tertiary/aromatic N) is 1. The van der Waals surface area contributed by atoms with Crippen LogP contribution >= 0.6 is 0 Å². The number of phenols is 1. The number of methoxy groups -OCH3 is 1. The molecule has 156 valence electrons. The lowest BCUT2D eigenvalue weighted by atomic mass is 10.1. The Bertz CT molecular complexity index is 1020. The lowest BCUT2D eigenvalue weighted by Crippen LogP contribution is -2.38. The fourth-order valence-electron chi connectivity index (χ4n) is 2.88. The third-order valence-corrected chi connectivity index (χ3v) is 4.27. The predicted molar refractivity (Wildman–Crippen MR) is 109 cm³/mol. The number of urea groups is 1. The third kappa shape index (κ3) is 4.35. The zero-order chi connectivity index (χ0) is 21.7. The lowest BCUT2D eigenvalue weighted by Gasteiger charge is -2.13. The van der Waals surface area contributed by atoms with Crippen molar-refractivity contribution in [3.8, 4) is 17.2 Å². The number of hydrogen-bond acceptors (Lipinski definition) is 6. The van der Waals surface area contributed by atoms with Gasteiger partial charge in [0.25, 0.3) is 5.91 Å². The van der Waals surface area contributed by atoms with E-state index in [0.29, 0.717) is 23.6 Å². The van der Waals surface area contributed by atoms with Crippen LogP contribution in [0.3, 0.4) is 0 Å². The summed E-state index contributed by atoms with van der Waals surface area (Å²) in [4.78, 5) is 37.9. The molecule has 9 nitrogen and oxygen atoms in total. The zero-order valence-corrected chi connectivity index (χ0v) is 16.5. The van der Waals surface area contributed by atoms with Crippen molar-refractivity contribution in [2.75, 3.05) is 25.6 Å². The van der Waals surface area contributed by atoms with E-state index in [1.54, 1.807) is 49.4 Å². The maximum Gasteiger partial charge on any atom is 0.329 e. The maximum atomic E-state index is 12.6. The van der Waals surface area contributed by atoms with Gasteiger partial charge in [0.2, 0.25) is 5.91 Å². The molecule has 1 aliphatic heterocycles. The number of para-hydroxylation sites is 3. The Morgan fingerprint density at radius 3 is 2.63 bits per heavy atom. The summed E-state index contributed by atoms with van der Waals surface area (Å²) < 4.78 is 10.5. The molecule has 3 N–H and O–H groups in total. The fraction of sp³-hybridized carbons (Fsp3) is 0.190. The Morgan fingerprint density at radius 2 is 1.90 bits per heavy atom. The number of nitrogens with one attached hydrogen (secondary N) is 2. The van der Waals surface area contributed by atoms with Gasteiger partial charge in [-0.15, -0.1) is 0 Å². The molecule has 0 bridgehead atoms. The Labute approximate surface area is 172 Å². The van der Waals surface area contributed by atoms with Gasteiger partial charge in [0.15, 0.2) is 11.5 Å². The molecule has 0 atom stereocenters. The van der Waals surface area contributed by atoms with Crippen LogP contribution in [0.4, 0.5) is 10.5 Å². The van der Waals surface area contributed by atoms with E-state index in [1.807, 2.05) is 0 Å². The highest BCUT2D eigenvalue weighted by Crippen LogP contribution is 2.31. The standard InChI is InChI=1S/C21H21N3O6/c1-3-30-17-10-6-7-13(19(17)26)11-15-20(27)24(21(28)23-15)12-18(25)22-14-8-4-5-9-16(14)29-2/h4-11,26H,3,12H2,1-2H3,(H,22,25)(H,23,28)/b15-11+. The lowest BCUT2D eigenvalue weighted by molar-refractivity contribution is -0.127. The third-order valence-electron chi connectivity index (χ3n) is 4.27. The van der Waals surface area contributed by atoms with Crippen LogP contribution in [-0.4, -0.2) is 48.1 Å². The van der Waals surface area contributed by atoms with Gasteiger partial charge in [-0.05, 0) is 31.2 Å². The predicted octanol–water partition coefficient (Wildman–Crippen LogP) is 2.33. The number of ether oxygens (including phenoxy) is 2. The summed E-state index contributed by atoms with van der Waals surface area (Å²) >= 11 is 0. The smallest absolute Gasteiger partial charge is 0.329 e. The molecule has 1 heterocycles. The number of amides is 4. The van der Waals surface area contributed by atoms with Gasteiger partial charge in [-0.25, -0.2) is 9.69 Å². The van der Waals surface area contributed by atoms with Gasteiger partial charge in [0.1, 0.15) is 18.0 Å². The second kappa shape index (κ2) is 8.99. The molecular weight excluding hydrogens is 390 g/mol. The normalized spacial score (nSPS) is 14.6. The first-order valence-electron chi connectivity index (χ1n) is 9.16. The molecule has 30 heavy (non-hydrogen) atoms. The van der Waals surface area contributed by atoms with Crippen molar-refractivity contribution < 1.29 is 29.0 Å². The average molecular weight is 411 g/mol. The minimum Gasteiger partial charge on any atom is -0.504 e. The molecule has 0 spiro atoms. The van der Waals surface area contributed by atoms with Crippen molar-refractivity contribution in [1.82, 2.24) is 10.2 Å². The van der Waals surface area contributed by atoms with Crippen LogP contribution in [0.5, 0.6) is 17.2 Å². The second-order valence-electron chi connectivity index (χ2n) is 6.25. The topological polar surface area (TPSA) is 117 Å². The van der Waals surface area contributed by atoms with Crippen molar-refractivity contribution in [2.24, 2.45) is 0 Å². The van der Waals surface area contributed by atoms with Crippen LogP contribution in [0.15, 0.2) is 48.2 Å². The number of benzene rings is 2. The molecule has 0 aromatic heterocycles. The van der Waals surface area contributed by atoms with Crippen LogP contribution in [-0.2, 0) is 9.59 Å². The van der Waals surface area contributed by atoms with Crippen LogP contribution in [0.25, 0.3) is 6.08 Å². The Hall–Kier alpha value is -4.01. The number of carbonyl (C=O) groups excluding carboxylic acids is 3. The van der Waals surface area contributed by atoms with Crippen LogP contribution < -0.4 is 20.1 Å². The van der Waals surface area contributed by atoms with E-state index in [-0.39, 0.29) is 17.2 Å². The van der Waals surface area contributed by atoms with E-state index >= 15 is 0 Å². The van der Waals surface area contributed by atoms with Gasteiger partial charge < -0.3 is 25.2 Å². The number of imide groups is 1. The molecule has 3 rings (SSSR count). The number of hydrogen-bond donors (Lipinski definition) is 3. The Kier molecular flexibility index (Phi) is 6.21. The molecular formula is C21H21N3O6. The van der Waals surface area contributed by atoms with Crippen LogP contribution in [0.2, 0.25) is 0 Å². The van der Waals surface area contributed by atoms with E-state index in [2.05, 4.69) is 10.6 Å². The molecule has 9 heteroatoms. The minimum atomic E-state index is -0.734. The van der Waals surface area contributed by atoms with E-state index in [4.69, 9.17) is 9.47 Å². The molecule has 1 saturated heterocycles. The van der Waals surface area contributed by atoms with Crippen molar-refractivity contribution in [1.29, 1.82) is 0 Å². The molecule has 4 amide bonds. The molecule has 0 aliphatic carbocycles. The van der Waals surface area contributed by atoms with Gasteiger partial charge in [0, 0.05) is 5.56 Å². The van der Waals surface area contributed by atoms with Gasteiger partial charge in [-0.2, -0.15) is 0 Å². The Balaban J connectivity index is 1.74. The van der Waals surface area contributed by atoms with Gasteiger partial charge in [-0.1, -0.05) is 24.3 Å². The molecule has 2 aromatic carbocycles. The first-order valence-corrected chi connectivity index (χ1v) is 9.16. The summed E-state index contributed by atoms with van der Waals surface area (Å²) in [5.41, 5.74) is 0.657. The highest BCUT2D eigenvalue weighted by atomic mass is 16.5. The molecule has 1 aliphatic rings. The summed E-state index contributed by atoms with van der Waals surface area (Å²) in [6.45, 7) is 1.66. The quantitative estimate of drug-likeness (QED) is 0.476. The summed E-state index contributed by atoms with van der Waals surface area (Å²) in [7, 11) is 1.47. The summed E-state index contributed by atoms with van der Waals surface area (Å²) in [5, 5.41) is 15.3. The van der Waals surface area contributed by atoms with Crippen molar-refractivity contribution >= 4 is 29.6 Å². The molecule has 1 fully saturated rings. The van der Waals surface area contributed by atoms with Gasteiger partial charge in [-0.3, -0.25) is 9.59 Å². The van der Waals surface area contributed by atoms with E-state index < -0.39 is 24.4 Å². The molecule has 0 radical (unpaired) electrons. The monoisotopic (exact) mass is 411 g/mol. The van der Waals surface area contributed by atoms with E-state index in [1.165, 1.54) is 13.2 Å². The first kappa shape index (κ1) is 20.7. The summed E-state index contributed by atoms with van der Waals surface area (Å²) in [5.74, 6) is -0.687. The van der Waals surface area contributed by atoms with Crippen molar-refractivity contribution in [3.05, 3.63) is 53.7 Å². The molecule has 0 saturated carbocycles. The summed E-state index contributed by atoms with van der Waals surface area (Å²) in [6, 6.07) is 10.9. The van der Waals surface area contributed by atoms with Gasteiger partial charge in [0.05, 0.1) is 19.4 Å². The average Bonchev–Trinajstić information content (AvgIpc) is 2.99. The maximum absolute atomic E-state index is 12.6. The van der Waals surface area contributed by atoms with Gasteiger partial charge >= 0.3 is 6.03 Å². The number of anilines is 1. The van der Waals surface area contributed by atoms with Crippen LogP contribution in [0, 0.1) is 0 Å². The number of rotatable bonds is 7. The number of phenolic OH excluding ortho intramolecular Hbond substituents is 1. The SMILES string of the molecule is CCOc1cccc(/C=C2/NC(=O)N(CC(=O)Nc3ccccc3OC)C2=O)c1O. The highest BCUT2D eigenvalue weighted by Gasteiger charge is 2.35. The largest absolute Gasteiger partial charge is 0.504 e. The number of aromatic hydroxyl groups is 1. The fourth-order valence-corrected chi connectivity index (χ4v) is 2.88. The van der Waals surface area contributed by atoms with Crippen LogP contribution in [0.1, 0.15) is 12.5 Å². The van der Waals surface area contributed by atoms with Crippen molar-refractivity contribution in [3.63, 3.8) is 0 Å². The molecule has 0 unspecified atom stereocenters. The van der Waals surface area contributed by atoms with E-state index in [0.717, 1.165) is 4.90 Å². The first-order chi connectivity index (χ1) is 14.4. The summed E-state index contributed by atoms with van der Waals surface area (Å²) in [6.07, 6.45) is 1.33. The number of carbonyl (C=O) groups is 3. The van der Waals surface area contributed by atoms with E-state index in [9.17, 15) is 19.5 Å². The van der Waals surface area contributed by atoms with Crippen molar-refractivity contribution in [2.45, 2.75) is 6.92 Å². The Morgan fingerprint density at radius 1 is 1.17 bits per heavy atom. The highest BCUT2D eigenvalue weighted by molar-refractivity contribution is 6.16.